The Kier molecular flexibility index (Phi) is 7.47. The highest BCUT2D eigenvalue weighted by Crippen LogP contribution is 1.88. The Morgan fingerprint density at radius 1 is 1.60 bits per heavy atom. The maximum absolute atomic E-state index is 8.68. The first-order valence-corrected chi connectivity index (χ1v) is 4.28. The monoisotopic (exact) mass is 165 g/mol. The zero-order valence-corrected chi connectivity index (χ0v) is 7.19. The molecule has 0 aromatic carbocycles. The van der Waals surface area contributed by atoms with Crippen LogP contribution in [0.25, 0.3) is 0 Å². The lowest BCUT2D eigenvalue weighted by Crippen LogP contribution is -2.34. The van der Waals surface area contributed by atoms with Gasteiger partial charge < -0.3 is 10.4 Å². The number of rotatable bonds is 6. The van der Waals surface area contributed by atoms with Crippen molar-refractivity contribution < 1.29 is 5.11 Å². The summed E-state index contributed by atoms with van der Waals surface area (Å²) in [5.41, 5.74) is 0. The maximum Gasteiger partial charge on any atom is 0.0596 e. The van der Waals surface area contributed by atoms with Crippen molar-refractivity contribution in [2.75, 3.05) is 19.0 Å². The van der Waals surface area contributed by atoms with Gasteiger partial charge in [0.05, 0.1) is 6.61 Å². The highest BCUT2D eigenvalue weighted by Gasteiger charge is 2.01. The van der Waals surface area contributed by atoms with Gasteiger partial charge in [-0.05, 0) is 13.0 Å². The summed E-state index contributed by atoms with van der Waals surface area (Å²) in [5, 5.41) is 11.8. The van der Waals surface area contributed by atoms with Crippen LogP contribution in [-0.2, 0) is 0 Å². The minimum Gasteiger partial charge on any atom is -0.395 e. The average Bonchev–Trinajstić information content (AvgIpc) is 1.99. The first kappa shape index (κ1) is 10.2. The summed E-state index contributed by atoms with van der Waals surface area (Å²) < 4.78 is 0. The topological polar surface area (TPSA) is 32.3 Å². The van der Waals surface area contributed by atoms with Crippen LogP contribution < -0.4 is 5.32 Å². The highest BCUT2D eigenvalue weighted by molar-refractivity contribution is 6.18. The van der Waals surface area contributed by atoms with E-state index in [4.69, 9.17) is 16.7 Å². The minimum absolute atomic E-state index is 0.0771. The second-order valence-electron chi connectivity index (χ2n) is 2.34. The summed E-state index contributed by atoms with van der Waals surface area (Å²) in [6.07, 6.45) is 2.32. The normalized spacial score (nSPS) is 13.5. The molecule has 0 saturated carbocycles. The van der Waals surface area contributed by atoms with Gasteiger partial charge in [0, 0.05) is 11.9 Å². The van der Waals surface area contributed by atoms with E-state index in [1.165, 1.54) is 6.42 Å². The van der Waals surface area contributed by atoms with Crippen LogP contribution >= 0.6 is 11.6 Å². The van der Waals surface area contributed by atoms with Crippen molar-refractivity contribution >= 4 is 11.6 Å². The lowest BCUT2D eigenvalue weighted by atomic mass is 10.3. The molecule has 62 valence electrons. The number of unbranched alkanes of at least 4 members (excludes halogenated alkanes) is 1. The van der Waals surface area contributed by atoms with Crippen molar-refractivity contribution in [3.63, 3.8) is 0 Å². The third kappa shape index (κ3) is 5.03. The van der Waals surface area contributed by atoms with E-state index in [1.807, 2.05) is 0 Å². The molecule has 0 heterocycles. The molecule has 3 heteroatoms. The standard InChI is InChI=1S/C7H16ClNO/c1-2-3-4-9-7(5-8)6-10/h7,9-10H,2-6H2,1H3. The molecule has 0 radical (unpaired) electrons. The van der Waals surface area contributed by atoms with E-state index >= 15 is 0 Å². The smallest absolute Gasteiger partial charge is 0.0596 e. The molecule has 0 saturated heterocycles. The van der Waals surface area contributed by atoms with Crippen LogP contribution in [0.4, 0.5) is 0 Å². The van der Waals surface area contributed by atoms with Crippen molar-refractivity contribution in [1.82, 2.24) is 5.32 Å². The fraction of sp³-hybridized carbons (Fsp3) is 1.00. The molecule has 0 spiro atoms. The van der Waals surface area contributed by atoms with Crippen molar-refractivity contribution in [2.45, 2.75) is 25.8 Å². The van der Waals surface area contributed by atoms with Gasteiger partial charge in [-0.15, -0.1) is 11.6 Å². The number of hydrogen-bond acceptors (Lipinski definition) is 2. The summed E-state index contributed by atoms with van der Waals surface area (Å²) in [6, 6.07) is 0.0771. The summed E-state index contributed by atoms with van der Waals surface area (Å²) in [6.45, 7) is 3.22. The molecule has 2 N–H and O–H groups in total. The zero-order valence-electron chi connectivity index (χ0n) is 6.44. The first-order valence-electron chi connectivity index (χ1n) is 3.75. The molecule has 0 aliphatic carbocycles. The van der Waals surface area contributed by atoms with Crippen LogP contribution in [0, 0.1) is 0 Å². The molecule has 0 fully saturated rings. The van der Waals surface area contributed by atoms with Crippen molar-refractivity contribution in [3.05, 3.63) is 0 Å². The molecule has 0 aliphatic rings. The van der Waals surface area contributed by atoms with Crippen LogP contribution in [0.5, 0.6) is 0 Å². The summed E-state index contributed by atoms with van der Waals surface area (Å²) in [7, 11) is 0. The number of aliphatic hydroxyl groups is 1. The van der Waals surface area contributed by atoms with Crippen molar-refractivity contribution in [3.8, 4) is 0 Å². The Hall–Kier alpha value is 0.210. The largest absolute Gasteiger partial charge is 0.395 e. The fourth-order valence-corrected chi connectivity index (χ4v) is 0.858. The van der Waals surface area contributed by atoms with Gasteiger partial charge in [0.1, 0.15) is 0 Å². The fourth-order valence-electron chi connectivity index (χ4n) is 0.651. The van der Waals surface area contributed by atoms with Crippen LogP contribution in [0.1, 0.15) is 19.8 Å². The lowest BCUT2D eigenvalue weighted by molar-refractivity contribution is 0.253. The van der Waals surface area contributed by atoms with Gasteiger partial charge in [-0.3, -0.25) is 0 Å². The van der Waals surface area contributed by atoms with Crippen LogP contribution in [0.15, 0.2) is 0 Å². The van der Waals surface area contributed by atoms with Gasteiger partial charge in [-0.2, -0.15) is 0 Å². The molecular formula is C7H16ClNO. The van der Waals surface area contributed by atoms with Gasteiger partial charge in [0.15, 0.2) is 0 Å². The summed E-state index contributed by atoms with van der Waals surface area (Å²) in [4.78, 5) is 0. The molecule has 0 rings (SSSR count). The van der Waals surface area contributed by atoms with Crippen molar-refractivity contribution in [2.24, 2.45) is 0 Å². The van der Waals surface area contributed by atoms with Gasteiger partial charge in [0.25, 0.3) is 0 Å². The van der Waals surface area contributed by atoms with E-state index in [-0.39, 0.29) is 12.6 Å². The molecular weight excluding hydrogens is 150 g/mol. The molecule has 0 amide bonds. The highest BCUT2D eigenvalue weighted by atomic mass is 35.5. The van der Waals surface area contributed by atoms with Crippen LogP contribution in [0.3, 0.4) is 0 Å². The predicted molar refractivity (Wildman–Crippen MR) is 44.5 cm³/mol. The van der Waals surface area contributed by atoms with Gasteiger partial charge in [-0.25, -0.2) is 0 Å². The van der Waals surface area contributed by atoms with Crippen LogP contribution in [0.2, 0.25) is 0 Å². The number of halogens is 1. The molecule has 2 nitrogen and oxygen atoms in total. The second kappa shape index (κ2) is 7.32. The van der Waals surface area contributed by atoms with E-state index < -0.39 is 0 Å². The van der Waals surface area contributed by atoms with Gasteiger partial charge in [0.2, 0.25) is 0 Å². The number of alkyl halides is 1. The third-order valence-corrected chi connectivity index (χ3v) is 1.74. The Balaban J connectivity index is 3.09. The van der Waals surface area contributed by atoms with E-state index in [0.717, 1.165) is 13.0 Å². The van der Waals surface area contributed by atoms with Gasteiger partial charge >= 0.3 is 0 Å². The molecule has 0 aliphatic heterocycles. The molecule has 0 aromatic heterocycles. The maximum atomic E-state index is 8.68. The van der Waals surface area contributed by atoms with E-state index in [9.17, 15) is 0 Å². The van der Waals surface area contributed by atoms with Crippen LogP contribution in [-0.4, -0.2) is 30.2 Å². The van der Waals surface area contributed by atoms with E-state index in [1.54, 1.807) is 0 Å². The molecule has 0 aromatic rings. The third-order valence-electron chi connectivity index (χ3n) is 1.37. The Morgan fingerprint density at radius 2 is 2.30 bits per heavy atom. The number of hydrogen-bond donors (Lipinski definition) is 2. The van der Waals surface area contributed by atoms with Gasteiger partial charge in [-0.1, -0.05) is 13.3 Å². The van der Waals surface area contributed by atoms with Crippen molar-refractivity contribution in [1.29, 1.82) is 0 Å². The Morgan fingerprint density at radius 3 is 2.70 bits per heavy atom. The molecule has 1 atom stereocenters. The molecule has 1 unspecified atom stereocenters. The molecule has 0 bridgehead atoms. The summed E-state index contributed by atoms with van der Waals surface area (Å²) >= 11 is 5.52. The summed E-state index contributed by atoms with van der Waals surface area (Å²) in [5.74, 6) is 0.486. The Bertz CT molecular complexity index is 66.6. The van der Waals surface area contributed by atoms with E-state index in [0.29, 0.717) is 5.88 Å². The predicted octanol–water partition coefficient (Wildman–Crippen LogP) is 0.976. The quantitative estimate of drug-likeness (QED) is 0.454. The lowest BCUT2D eigenvalue weighted by Gasteiger charge is -2.11. The second-order valence-corrected chi connectivity index (χ2v) is 2.65. The Labute approximate surface area is 67.6 Å². The van der Waals surface area contributed by atoms with E-state index in [2.05, 4.69) is 12.2 Å². The average molecular weight is 166 g/mol. The zero-order chi connectivity index (χ0) is 7.82. The first-order chi connectivity index (χ1) is 4.85. The number of aliphatic hydroxyl groups excluding tert-OH is 1. The SMILES string of the molecule is CCCCNC(CO)CCl. The molecule has 10 heavy (non-hydrogen) atoms. The minimum atomic E-state index is 0.0771. The number of nitrogens with one attached hydrogen (secondary N) is 1.